The number of nitrogens with one attached hydrogen (secondary N) is 1. The summed E-state index contributed by atoms with van der Waals surface area (Å²) in [4.78, 5) is 2.26. The van der Waals surface area contributed by atoms with E-state index in [-0.39, 0.29) is 12.6 Å². The van der Waals surface area contributed by atoms with Gasteiger partial charge in [0.1, 0.15) is 0 Å². The number of benzene rings is 2. The summed E-state index contributed by atoms with van der Waals surface area (Å²) in [6, 6.07) is 18.9. The van der Waals surface area contributed by atoms with E-state index in [4.69, 9.17) is 4.74 Å². The van der Waals surface area contributed by atoms with Gasteiger partial charge in [0, 0.05) is 18.7 Å². The Labute approximate surface area is 153 Å². The molecule has 0 saturated carbocycles. The molecule has 1 saturated heterocycles. The van der Waals surface area contributed by atoms with Crippen molar-refractivity contribution >= 4 is 0 Å². The highest BCUT2D eigenvalue weighted by Crippen LogP contribution is 2.27. The van der Waals surface area contributed by atoms with E-state index in [2.05, 4.69) is 63.6 Å². The Morgan fingerprint density at radius 3 is 2.54 bits per heavy atom. The highest BCUT2D eigenvalue weighted by molar-refractivity contribution is 5.69. The molecule has 0 bridgehead atoms. The maximum Gasteiger partial charge on any atom is 0.0695 e. The molecule has 0 spiro atoms. The number of morpholine rings is 1. The van der Waals surface area contributed by atoms with E-state index >= 15 is 0 Å². The van der Waals surface area contributed by atoms with Crippen LogP contribution in [0.2, 0.25) is 0 Å². The van der Waals surface area contributed by atoms with Crippen molar-refractivity contribution in [2.75, 3.05) is 26.4 Å². The van der Waals surface area contributed by atoms with Crippen LogP contribution in [0.25, 0.3) is 22.4 Å². The molecule has 1 fully saturated rings. The van der Waals surface area contributed by atoms with Crippen molar-refractivity contribution in [2.24, 2.45) is 0 Å². The number of aliphatic hydroxyl groups excluding tert-OH is 1. The Morgan fingerprint density at radius 1 is 1.04 bits per heavy atom. The number of H-pyrrole nitrogens is 1. The molecule has 0 aliphatic carbocycles. The van der Waals surface area contributed by atoms with E-state index < -0.39 is 0 Å². The van der Waals surface area contributed by atoms with Crippen molar-refractivity contribution < 1.29 is 9.84 Å². The van der Waals surface area contributed by atoms with Crippen LogP contribution in [0.1, 0.15) is 5.56 Å². The van der Waals surface area contributed by atoms with Gasteiger partial charge in [0.2, 0.25) is 0 Å². The molecule has 1 aliphatic rings. The zero-order valence-electron chi connectivity index (χ0n) is 14.6. The average molecular weight is 349 g/mol. The molecule has 5 nitrogen and oxygen atoms in total. The second-order valence-electron chi connectivity index (χ2n) is 6.60. The molecule has 0 unspecified atom stereocenters. The van der Waals surface area contributed by atoms with E-state index in [1.807, 2.05) is 12.3 Å². The quantitative estimate of drug-likeness (QED) is 0.743. The van der Waals surface area contributed by atoms with Gasteiger partial charge in [-0.25, -0.2) is 0 Å². The highest BCUT2D eigenvalue weighted by Gasteiger charge is 2.23. The summed E-state index contributed by atoms with van der Waals surface area (Å²) in [6.45, 7) is 2.97. The summed E-state index contributed by atoms with van der Waals surface area (Å²) in [5.41, 5.74) is 5.70. The van der Waals surface area contributed by atoms with Crippen molar-refractivity contribution in [3.8, 4) is 22.4 Å². The van der Waals surface area contributed by atoms with Crippen LogP contribution >= 0.6 is 0 Å². The first-order valence-corrected chi connectivity index (χ1v) is 8.96. The van der Waals surface area contributed by atoms with Crippen molar-refractivity contribution in [3.05, 3.63) is 66.4 Å². The summed E-state index contributed by atoms with van der Waals surface area (Å²) >= 11 is 0. The molecule has 4 rings (SSSR count). The number of aliphatic hydroxyl groups is 1. The fourth-order valence-corrected chi connectivity index (χ4v) is 3.43. The topological polar surface area (TPSA) is 61.4 Å². The van der Waals surface area contributed by atoms with E-state index in [1.165, 1.54) is 11.1 Å². The molecular weight excluding hydrogens is 326 g/mol. The molecule has 26 heavy (non-hydrogen) atoms. The third-order valence-corrected chi connectivity index (χ3v) is 4.93. The maximum atomic E-state index is 9.57. The Bertz CT molecular complexity index is 830. The monoisotopic (exact) mass is 349 g/mol. The summed E-state index contributed by atoms with van der Waals surface area (Å²) in [7, 11) is 0. The van der Waals surface area contributed by atoms with Gasteiger partial charge in [-0.3, -0.25) is 10.00 Å². The molecule has 134 valence electrons. The lowest BCUT2D eigenvalue weighted by molar-refractivity contribution is -0.0312. The first kappa shape index (κ1) is 17.0. The molecule has 0 amide bonds. The predicted molar refractivity (Wildman–Crippen MR) is 102 cm³/mol. The van der Waals surface area contributed by atoms with Gasteiger partial charge in [-0.05, 0) is 16.7 Å². The van der Waals surface area contributed by atoms with Gasteiger partial charge in [-0.2, -0.15) is 5.10 Å². The second-order valence-corrected chi connectivity index (χ2v) is 6.60. The molecule has 1 aromatic heterocycles. The van der Waals surface area contributed by atoms with E-state index in [0.717, 1.165) is 29.9 Å². The van der Waals surface area contributed by atoms with Crippen LogP contribution in [0, 0.1) is 0 Å². The van der Waals surface area contributed by atoms with Crippen LogP contribution in [0.5, 0.6) is 0 Å². The number of hydrogen-bond acceptors (Lipinski definition) is 4. The Morgan fingerprint density at radius 2 is 1.77 bits per heavy atom. The zero-order valence-corrected chi connectivity index (χ0v) is 14.6. The molecular formula is C21H23N3O2. The smallest absolute Gasteiger partial charge is 0.0695 e. The fourth-order valence-electron chi connectivity index (χ4n) is 3.43. The van der Waals surface area contributed by atoms with Crippen molar-refractivity contribution in [3.63, 3.8) is 0 Å². The lowest BCUT2D eigenvalue weighted by Crippen LogP contribution is -2.46. The Hall–Kier alpha value is -2.47. The van der Waals surface area contributed by atoms with Crippen LogP contribution in [0.15, 0.2) is 60.8 Å². The molecule has 3 aromatic rings. The van der Waals surface area contributed by atoms with Crippen LogP contribution in [0.3, 0.4) is 0 Å². The minimum Gasteiger partial charge on any atom is -0.395 e. The van der Waals surface area contributed by atoms with Crippen molar-refractivity contribution in [2.45, 2.75) is 12.6 Å². The number of hydrogen-bond donors (Lipinski definition) is 2. The van der Waals surface area contributed by atoms with Gasteiger partial charge in [0.15, 0.2) is 0 Å². The van der Waals surface area contributed by atoms with Gasteiger partial charge >= 0.3 is 0 Å². The van der Waals surface area contributed by atoms with Crippen LogP contribution < -0.4 is 0 Å². The molecule has 5 heteroatoms. The first-order valence-electron chi connectivity index (χ1n) is 8.96. The van der Waals surface area contributed by atoms with Crippen molar-refractivity contribution in [1.29, 1.82) is 0 Å². The molecule has 2 heterocycles. The standard InChI is InChI=1S/C21H23N3O2/c25-14-20-15-26-11-10-24(20)13-19-12-22-23-21(19)18-8-6-17(7-9-18)16-4-2-1-3-5-16/h1-9,12,20,25H,10-11,13-15H2,(H,22,23)/t20-/m1/s1. The fraction of sp³-hybridized carbons (Fsp3) is 0.286. The minimum atomic E-state index is 0.0481. The third kappa shape index (κ3) is 3.55. The summed E-state index contributed by atoms with van der Waals surface area (Å²) in [5, 5.41) is 17.0. The molecule has 1 aliphatic heterocycles. The van der Waals surface area contributed by atoms with Crippen molar-refractivity contribution in [1.82, 2.24) is 15.1 Å². The number of rotatable bonds is 5. The van der Waals surface area contributed by atoms with E-state index in [1.54, 1.807) is 0 Å². The van der Waals surface area contributed by atoms with E-state index in [0.29, 0.717) is 13.2 Å². The Balaban J connectivity index is 1.55. The van der Waals surface area contributed by atoms with E-state index in [9.17, 15) is 5.11 Å². The second kappa shape index (κ2) is 7.83. The summed E-state index contributed by atoms with van der Waals surface area (Å²) in [5.74, 6) is 0. The SMILES string of the molecule is OC[C@@H]1COCCN1Cc1cn[nH]c1-c1ccc(-c2ccccc2)cc1. The van der Waals surface area contributed by atoms with Gasteiger partial charge < -0.3 is 9.84 Å². The summed E-state index contributed by atoms with van der Waals surface area (Å²) in [6.07, 6.45) is 1.88. The molecule has 2 aromatic carbocycles. The molecule has 0 radical (unpaired) electrons. The van der Waals surface area contributed by atoms with Crippen LogP contribution in [-0.2, 0) is 11.3 Å². The number of nitrogens with zero attached hydrogens (tertiary/aromatic N) is 2. The predicted octanol–water partition coefficient (Wildman–Crippen LogP) is 2.94. The highest BCUT2D eigenvalue weighted by atomic mass is 16.5. The largest absolute Gasteiger partial charge is 0.395 e. The Kier molecular flexibility index (Phi) is 5.11. The average Bonchev–Trinajstić information content (AvgIpc) is 3.17. The maximum absolute atomic E-state index is 9.57. The van der Waals surface area contributed by atoms with Crippen LogP contribution in [0.4, 0.5) is 0 Å². The van der Waals surface area contributed by atoms with Gasteiger partial charge in [0.25, 0.3) is 0 Å². The number of ether oxygens (including phenoxy) is 1. The zero-order chi connectivity index (χ0) is 17.8. The summed E-state index contributed by atoms with van der Waals surface area (Å²) < 4.78 is 5.47. The molecule has 1 atom stereocenters. The van der Waals surface area contributed by atoms with Gasteiger partial charge in [-0.1, -0.05) is 54.6 Å². The lowest BCUT2D eigenvalue weighted by atomic mass is 10.0. The molecule has 2 N–H and O–H groups in total. The minimum absolute atomic E-state index is 0.0481. The van der Waals surface area contributed by atoms with Crippen LogP contribution in [-0.4, -0.2) is 52.6 Å². The van der Waals surface area contributed by atoms with Gasteiger partial charge in [0.05, 0.1) is 37.8 Å². The first-order chi connectivity index (χ1) is 12.8. The number of aromatic nitrogens is 2. The van der Waals surface area contributed by atoms with Gasteiger partial charge in [-0.15, -0.1) is 0 Å². The normalized spacial score (nSPS) is 18.1. The third-order valence-electron chi connectivity index (χ3n) is 4.93. The lowest BCUT2D eigenvalue weighted by Gasteiger charge is -2.34. The number of aromatic amines is 1.